The number of carbonyl (C=O) groups is 2. The third-order valence-electron chi connectivity index (χ3n) is 2.82. The van der Waals surface area contributed by atoms with Gasteiger partial charge in [-0.25, -0.2) is 4.98 Å². The molecule has 0 radical (unpaired) electrons. The lowest BCUT2D eigenvalue weighted by atomic mass is 10.1. The molecule has 0 bridgehead atoms. The molecular weight excluding hydrogens is 262 g/mol. The molecule has 7 nitrogen and oxygen atoms in total. The summed E-state index contributed by atoms with van der Waals surface area (Å²) in [7, 11) is 2.66. The van der Waals surface area contributed by atoms with Gasteiger partial charge in [0.25, 0.3) is 11.5 Å². The monoisotopic (exact) mass is 281 g/mol. The lowest BCUT2D eigenvalue weighted by Crippen LogP contribution is -2.37. The van der Waals surface area contributed by atoms with E-state index < -0.39 is 17.4 Å². The topological polar surface area (TPSA) is 92.4 Å². The van der Waals surface area contributed by atoms with Crippen LogP contribution in [-0.4, -0.2) is 47.4 Å². The second-order valence-electron chi connectivity index (χ2n) is 4.80. The van der Waals surface area contributed by atoms with Gasteiger partial charge in [-0.3, -0.25) is 14.4 Å². The number of carbonyl (C=O) groups excluding carboxylic acids is 2. The quantitative estimate of drug-likeness (QED) is 0.809. The van der Waals surface area contributed by atoms with Crippen molar-refractivity contribution in [1.29, 1.82) is 0 Å². The van der Waals surface area contributed by atoms with Crippen molar-refractivity contribution in [2.45, 2.75) is 26.7 Å². The molecular formula is C13H19N3O4. The number of esters is 1. The summed E-state index contributed by atoms with van der Waals surface area (Å²) in [5, 5.41) is 0. The van der Waals surface area contributed by atoms with Crippen LogP contribution in [-0.2, 0) is 9.53 Å². The molecule has 7 heteroatoms. The molecule has 20 heavy (non-hydrogen) atoms. The Bertz CT molecular complexity index is 577. The number of H-pyrrole nitrogens is 1. The zero-order valence-electron chi connectivity index (χ0n) is 12.3. The maximum absolute atomic E-state index is 12.2. The summed E-state index contributed by atoms with van der Waals surface area (Å²) in [6, 6.07) is 0. The van der Waals surface area contributed by atoms with Crippen LogP contribution in [0.15, 0.2) is 4.79 Å². The number of ether oxygens (including phenoxy) is 1. The molecule has 1 aromatic heterocycles. The van der Waals surface area contributed by atoms with Gasteiger partial charge >= 0.3 is 5.97 Å². The molecule has 0 aliphatic rings. The summed E-state index contributed by atoms with van der Waals surface area (Å²) < 4.78 is 4.48. The molecule has 0 saturated heterocycles. The zero-order chi connectivity index (χ0) is 15.4. The van der Waals surface area contributed by atoms with E-state index in [0.29, 0.717) is 11.5 Å². The van der Waals surface area contributed by atoms with E-state index in [9.17, 15) is 14.4 Å². The average Bonchev–Trinajstić information content (AvgIpc) is 2.37. The van der Waals surface area contributed by atoms with Crippen molar-refractivity contribution >= 4 is 11.9 Å². The normalized spacial score (nSPS) is 10.5. The number of hydrogen-bond acceptors (Lipinski definition) is 5. The zero-order valence-corrected chi connectivity index (χ0v) is 12.3. The van der Waals surface area contributed by atoms with E-state index in [0.717, 1.165) is 4.90 Å². The largest absolute Gasteiger partial charge is 0.468 e. The average molecular weight is 281 g/mol. The number of methoxy groups -OCH3 is 1. The predicted octanol–water partition coefficient (Wildman–Crippen LogP) is 0.447. The SMILES string of the molecule is COC(=O)CN(C)C(=O)c1c(C)nc(C(C)C)[nH]c1=O. The number of nitrogens with one attached hydrogen (secondary N) is 1. The molecule has 0 unspecified atom stereocenters. The van der Waals surface area contributed by atoms with E-state index in [2.05, 4.69) is 14.7 Å². The van der Waals surface area contributed by atoms with Crippen LogP contribution < -0.4 is 5.56 Å². The van der Waals surface area contributed by atoms with E-state index in [1.54, 1.807) is 6.92 Å². The first-order valence-electron chi connectivity index (χ1n) is 6.21. The highest BCUT2D eigenvalue weighted by Crippen LogP contribution is 2.09. The number of likely N-dealkylation sites (N-methyl/N-ethyl adjacent to an activating group) is 1. The Kier molecular flexibility index (Phi) is 5.01. The number of nitrogens with zero attached hydrogens (tertiary/aromatic N) is 2. The Morgan fingerprint density at radius 1 is 1.40 bits per heavy atom. The lowest BCUT2D eigenvalue weighted by Gasteiger charge is -2.16. The van der Waals surface area contributed by atoms with Gasteiger partial charge < -0.3 is 14.6 Å². The molecule has 0 spiro atoms. The van der Waals surface area contributed by atoms with Gasteiger partial charge in [0.05, 0.1) is 12.8 Å². The fourth-order valence-corrected chi connectivity index (χ4v) is 1.65. The minimum atomic E-state index is -0.558. The van der Waals surface area contributed by atoms with Gasteiger partial charge in [-0.1, -0.05) is 13.8 Å². The molecule has 1 rings (SSSR count). The first kappa shape index (κ1) is 15.9. The van der Waals surface area contributed by atoms with Gasteiger partial charge in [-0.05, 0) is 6.92 Å². The van der Waals surface area contributed by atoms with Crippen molar-refractivity contribution in [3.8, 4) is 0 Å². The summed E-state index contributed by atoms with van der Waals surface area (Å²) in [5.74, 6) is -0.531. The van der Waals surface area contributed by atoms with E-state index in [1.807, 2.05) is 13.8 Å². The van der Waals surface area contributed by atoms with E-state index in [4.69, 9.17) is 0 Å². The van der Waals surface area contributed by atoms with Gasteiger partial charge in [0, 0.05) is 13.0 Å². The number of amides is 1. The number of aromatic amines is 1. The molecule has 0 saturated carbocycles. The maximum Gasteiger partial charge on any atom is 0.325 e. The van der Waals surface area contributed by atoms with Gasteiger partial charge in [0.15, 0.2) is 0 Å². The molecule has 0 atom stereocenters. The van der Waals surface area contributed by atoms with Gasteiger partial charge in [-0.15, -0.1) is 0 Å². The van der Waals surface area contributed by atoms with E-state index >= 15 is 0 Å². The smallest absolute Gasteiger partial charge is 0.325 e. The molecule has 1 aromatic rings. The standard InChI is InChI=1S/C13H19N3O4/c1-7(2)11-14-8(3)10(12(18)15-11)13(19)16(4)6-9(17)20-5/h7H,6H2,1-5H3,(H,14,15,18). The van der Waals surface area contributed by atoms with E-state index in [-0.39, 0.29) is 18.0 Å². The Balaban J connectivity index is 3.11. The maximum atomic E-state index is 12.2. The van der Waals surface area contributed by atoms with Crippen LogP contribution in [0.4, 0.5) is 0 Å². The van der Waals surface area contributed by atoms with Crippen molar-refractivity contribution in [2.75, 3.05) is 20.7 Å². The van der Waals surface area contributed by atoms with Gasteiger partial charge in [0.2, 0.25) is 0 Å². The second kappa shape index (κ2) is 6.31. The van der Waals surface area contributed by atoms with Crippen LogP contribution in [0.2, 0.25) is 0 Å². The Hall–Kier alpha value is -2.18. The van der Waals surface area contributed by atoms with Crippen LogP contribution in [0.25, 0.3) is 0 Å². The summed E-state index contributed by atoms with van der Waals surface area (Å²) in [4.78, 5) is 43.3. The molecule has 0 fully saturated rings. The van der Waals surface area contributed by atoms with E-state index in [1.165, 1.54) is 14.2 Å². The van der Waals surface area contributed by atoms with Crippen molar-refractivity contribution in [2.24, 2.45) is 0 Å². The molecule has 1 N–H and O–H groups in total. The molecule has 0 aromatic carbocycles. The number of rotatable bonds is 4. The number of aryl methyl sites for hydroxylation is 1. The van der Waals surface area contributed by atoms with Crippen LogP contribution in [0.1, 0.15) is 41.6 Å². The summed E-state index contributed by atoms with van der Waals surface area (Å²) >= 11 is 0. The predicted molar refractivity (Wildman–Crippen MR) is 72.7 cm³/mol. The van der Waals surface area contributed by atoms with Crippen molar-refractivity contribution in [3.63, 3.8) is 0 Å². The van der Waals surface area contributed by atoms with Crippen LogP contribution in [0.5, 0.6) is 0 Å². The Morgan fingerprint density at radius 2 is 2.00 bits per heavy atom. The second-order valence-corrected chi connectivity index (χ2v) is 4.80. The fraction of sp³-hybridized carbons (Fsp3) is 0.538. The van der Waals surface area contributed by atoms with Crippen molar-refractivity contribution in [1.82, 2.24) is 14.9 Å². The van der Waals surface area contributed by atoms with Crippen LogP contribution in [0, 0.1) is 6.92 Å². The molecule has 0 aliphatic carbocycles. The Labute approximate surface area is 117 Å². The minimum absolute atomic E-state index is 0.0540. The number of hydrogen-bond donors (Lipinski definition) is 1. The summed E-state index contributed by atoms with van der Waals surface area (Å²) in [6.45, 7) is 5.16. The molecule has 1 amide bonds. The highest BCUT2D eigenvalue weighted by Gasteiger charge is 2.22. The van der Waals surface area contributed by atoms with Crippen LogP contribution in [0.3, 0.4) is 0 Å². The lowest BCUT2D eigenvalue weighted by molar-refractivity contribution is -0.141. The number of aromatic nitrogens is 2. The molecule has 1 heterocycles. The Morgan fingerprint density at radius 3 is 2.45 bits per heavy atom. The third kappa shape index (κ3) is 3.43. The minimum Gasteiger partial charge on any atom is -0.468 e. The summed E-state index contributed by atoms with van der Waals surface area (Å²) in [6.07, 6.45) is 0. The summed E-state index contributed by atoms with van der Waals surface area (Å²) in [5.41, 5.74) is -0.206. The fourth-order valence-electron chi connectivity index (χ4n) is 1.65. The first-order valence-corrected chi connectivity index (χ1v) is 6.21. The van der Waals surface area contributed by atoms with Gasteiger partial charge in [-0.2, -0.15) is 0 Å². The highest BCUT2D eigenvalue weighted by molar-refractivity contribution is 5.96. The van der Waals surface area contributed by atoms with Crippen LogP contribution >= 0.6 is 0 Å². The van der Waals surface area contributed by atoms with Crippen molar-refractivity contribution < 1.29 is 14.3 Å². The van der Waals surface area contributed by atoms with Crippen molar-refractivity contribution in [3.05, 3.63) is 27.4 Å². The molecule has 110 valence electrons. The third-order valence-corrected chi connectivity index (χ3v) is 2.82. The highest BCUT2D eigenvalue weighted by atomic mass is 16.5. The molecule has 0 aliphatic heterocycles. The van der Waals surface area contributed by atoms with Gasteiger partial charge in [0.1, 0.15) is 17.9 Å². The first-order chi connectivity index (χ1) is 9.27.